The van der Waals surface area contributed by atoms with Crippen molar-refractivity contribution in [1.29, 1.82) is 0 Å². The Morgan fingerprint density at radius 1 is 1.32 bits per heavy atom. The van der Waals surface area contributed by atoms with Crippen molar-refractivity contribution in [3.8, 4) is 11.3 Å². The molecule has 5 heteroatoms. The summed E-state index contributed by atoms with van der Waals surface area (Å²) in [7, 11) is 0. The fourth-order valence-electron chi connectivity index (χ4n) is 2.78. The molecular weight excluding hydrogens is 294 g/mol. The van der Waals surface area contributed by atoms with Gasteiger partial charge in [0.2, 0.25) is 5.91 Å². The van der Waals surface area contributed by atoms with Gasteiger partial charge in [-0.3, -0.25) is 9.69 Å². The van der Waals surface area contributed by atoms with Crippen LogP contribution >= 0.6 is 11.3 Å². The number of benzene rings is 1. The van der Waals surface area contributed by atoms with E-state index in [0.717, 1.165) is 23.5 Å². The van der Waals surface area contributed by atoms with E-state index < -0.39 is 0 Å². The van der Waals surface area contributed by atoms with Crippen LogP contribution in [-0.2, 0) is 11.3 Å². The van der Waals surface area contributed by atoms with E-state index in [2.05, 4.69) is 15.6 Å². The fraction of sp³-hybridized carbons (Fsp3) is 0.412. The highest BCUT2D eigenvalue weighted by atomic mass is 32.1. The standard InChI is InChI=1S/C17H21N3OS/c1-13(21)18-15-7-5-6-14(10-15)16-12-22-17(19-16)11-20-8-3-2-4-9-20/h5-7,10,12H,2-4,8-9,11H2,1H3,(H,18,21). The van der Waals surface area contributed by atoms with Crippen molar-refractivity contribution in [2.45, 2.75) is 32.7 Å². The van der Waals surface area contributed by atoms with Gasteiger partial charge in [0.05, 0.1) is 12.2 Å². The third-order valence-corrected chi connectivity index (χ3v) is 4.67. The van der Waals surface area contributed by atoms with E-state index in [1.165, 1.54) is 44.3 Å². The first kappa shape index (κ1) is 15.2. The molecule has 0 saturated carbocycles. The van der Waals surface area contributed by atoms with Crippen LogP contribution in [0.4, 0.5) is 5.69 Å². The summed E-state index contributed by atoms with van der Waals surface area (Å²) >= 11 is 1.72. The molecule has 1 fully saturated rings. The second kappa shape index (κ2) is 7.03. The number of likely N-dealkylation sites (tertiary alicyclic amines) is 1. The van der Waals surface area contributed by atoms with Gasteiger partial charge in [0, 0.05) is 23.6 Å². The minimum atomic E-state index is -0.0544. The second-order valence-electron chi connectivity index (χ2n) is 5.73. The van der Waals surface area contributed by atoms with Crippen LogP contribution in [0.5, 0.6) is 0 Å². The lowest BCUT2D eigenvalue weighted by molar-refractivity contribution is -0.114. The molecule has 0 unspecified atom stereocenters. The molecule has 1 aromatic carbocycles. The fourth-order valence-corrected chi connectivity index (χ4v) is 3.63. The number of carbonyl (C=O) groups excluding carboxylic acids is 1. The van der Waals surface area contributed by atoms with Crippen LogP contribution in [0.3, 0.4) is 0 Å². The number of aromatic nitrogens is 1. The molecule has 0 spiro atoms. The van der Waals surface area contributed by atoms with E-state index in [1.54, 1.807) is 11.3 Å². The van der Waals surface area contributed by atoms with Crippen LogP contribution in [0.25, 0.3) is 11.3 Å². The molecule has 4 nitrogen and oxygen atoms in total. The van der Waals surface area contributed by atoms with Gasteiger partial charge >= 0.3 is 0 Å². The molecule has 2 aromatic rings. The average molecular weight is 315 g/mol. The Morgan fingerprint density at radius 3 is 2.91 bits per heavy atom. The number of piperidine rings is 1. The van der Waals surface area contributed by atoms with E-state index >= 15 is 0 Å². The van der Waals surface area contributed by atoms with Crippen molar-refractivity contribution in [2.75, 3.05) is 18.4 Å². The van der Waals surface area contributed by atoms with Crippen molar-refractivity contribution in [1.82, 2.24) is 9.88 Å². The Balaban J connectivity index is 1.71. The third kappa shape index (κ3) is 3.93. The molecule has 116 valence electrons. The summed E-state index contributed by atoms with van der Waals surface area (Å²) in [5.41, 5.74) is 2.85. The van der Waals surface area contributed by atoms with Crippen molar-refractivity contribution >= 4 is 22.9 Å². The average Bonchev–Trinajstić information content (AvgIpc) is 2.96. The molecule has 1 aliphatic heterocycles. The third-order valence-electron chi connectivity index (χ3n) is 3.84. The van der Waals surface area contributed by atoms with Crippen molar-refractivity contribution in [3.05, 3.63) is 34.7 Å². The van der Waals surface area contributed by atoms with E-state index in [-0.39, 0.29) is 5.91 Å². The Kier molecular flexibility index (Phi) is 4.85. The summed E-state index contributed by atoms with van der Waals surface area (Å²) in [5.74, 6) is -0.0544. The lowest BCUT2D eigenvalue weighted by atomic mass is 10.1. The van der Waals surface area contributed by atoms with Crippen LogP contribution in [0.1, 0.15) is 31.2 Å². The first-order chi connectivity index (χ1) is 10.7. The Labute approximate surface area is 135 Å². The van der Waals surface area contributed by atoms with Crippen LogP contribution in [0.15, 0.2) is 29.6 Å². The summed E-state index contributed by atoms with van der Waals surface area (Å²) in [5, 5.41) is 6.09. The van der Waals surface area contributed by atoms with Gasteiger partial charge in [0.15, 0.2) is 0 Å². The first-order valence-corrected chi connectivity index (χ1v) is 8.63. The second-order valence-corrected chi connectivity index (χ2v) is 6.67. The molecule has 2 heterocycles. The van der Waals surface area contributed by atoms with Crippen molar-refractivity contribution < 1.29 is 4.79 Å². The molecule has 1 aliphatic rings. The molecule has 0 atom stereocenters. The number of carbonyl (C=O) groups is 1. The molecule has 1 N–H and O–H groups in total. The topological polar surface area (TPSA) is 45.2 Å². The number of nitrogens with zero attached hydrogens (tertiary/aromatic N) is 2. The van der Waals surface area contributed by atoms with Gasteiger partial charge in [-0.1, -0.05) is 18.6 Å². The van der Waals surface area contributed by atoms with E-state index in [1.807, 2.05) is 24.3 Å². The van der Waals surface area contributed by atoms with Crippen LogP contribution in [-0.4, -0.2) is 28.9 Å². The van der Waals surface area contributed by atoms with E-state index in [9.17, 15) is 4.79 Å². The zero-order valence-electron chi connectivity index (χ0n) is 12.8. The van der Waals surface area contributed by atoms with Gasteiger partial charge < -0.3 is 5.32 Å². The van der Waals surface area contributed by atoms with Gasteiger partial charge in [0.1, 0.15) is 5.01 Å². The van der Waals surface area contributed by atoms with E-state index in [4.69, 9.17) is 4.98 Å². The molecular formula is C17H21N3OS. The summed E-state index contributed by atoms with van der Waals surface area (Å²) in [6.07, 6.45) is 3.96. The predicted octanol–water partition coefficient (Wildman–Crippen LogP) is 3.75. The molecule has 0 radical (unpaired) electrons. The largest absolute Gasteiger partial charge is 0.326 e. The molecule has 1 saturated heterocycles. The smallest absolute Gasteiger partial charge is 0.221 e. The number of nitrogens with one attached hydrogen (secondary N) is 1. The van der Waals surface area contributed by atoms with Crippen molar-refractivity contribution in [3.63, 3.8) is 0 Å². The maximum atomic E-state index is 11.2. The Bertz CT molecular complexity index is 647. The van der Waals surface area contributed by atoms with Crippen LogP contribution in [0.2, 0.25) is 0 Å². The molecule has 0 bridgehead atoms. The number of rotatable bonds is 4. The van der Waals surface area contributed by atoms with E-state index in [0.29, 0.717) is 0 Å². The van der Waals surface area contributed by atoms with Gasteiger partial charge in [-0.05, 0) is 38.1 Å². The number of hydrogen-bond acceptors (Lipinski definition) is 4. The van der Waals surface area contributed by atoms with Gasteiger partial charge in [-0.2, -0.15) is 0 Å². The van der Waals surface area contributed by atoms with Gasteiger partial charge in [0.25, 0.3) is 0 Å². The zero-order valence-corrected chi connectivity index (χ0v) is 13.7. The molecule has 0 aliphatic carbocycles. The molecule has 3 rings (SSSR count). The quantitative estimate of drug-likeness (QED) is 0.934. The summed E-state index contributed by atoms with van der Waals surface area (Å²) < 4.78 is 0. The Morgan fingerprint density at radius 2 is 2.14 bits per heavy atom. The SMILES string of the molecule is CC(=O)Nc1cccc(-c2csc(CN3CCCCC3)n2)c1. The highest BCUT2D eigenvalue weighted by Crippen LogP contribution is 2.25. The Hall–Kier alpha value is -1.72. The number of amides is 1. The highest BCUT2D eigenvalue weighted by Gasteiger charge is 2.13. The van der Waals surface area contributed by atoms with Crippen LogP contribution in [0, 0.1) is 0 Å². The zero-order chi connectivity index (χ0) is 15.4. The predicted molar refractivity (Wildman–Crippen MR) is 91.0 cm³/mol. The molecule has 1 amide bonds. The number of anilines is 1. The van der Waals surface area contributed by atoms with Crippen molar-refractivity contribution in [2.24, 2.45) is 0 Å². The lowest BCUT2D eigenvalue weighted by Crippen LogP contribution is -2.28. The summed E-state index contributed by atoms with van der Waals surface area (Å²) in [6.45, 7) is 4.85. The maximum Gasteiger partial charge on any atom is 0.221 e. The van der Waals surface area contributed by atoms with Crippen LogP contribution < -0.4 is 5.32 Å². The number of thiazole rings is 1. The summed E-state index contributed by atoms with van der Waals surface area (Å²) in [6, 6.07) is 7.85. The normalized spacial score (nSPS) is 15.7. The highest BCUT2D eigenvalue weighted by molar-refractivity contribution is 7.09. The lowest BCUT2D eigenvalue weighted by Gasteiger charge is -2.25. The monoisotopic (exact) mass is 315 g/mol. The molecule has 1 aromatic heterocycles. The molecule has 22 heavy (non-hydrogen) atoms. The minimum Gasteiger partial charge on any atom is -0.326 e. The maximum absolute atomic E-state index is 11.2. The first-order valence-electron chi connectivity index (χ1n) is 7.75. The minimum absolute atomic E-state index is 0.0544. The van der Waals surface area contributed by atoms with Gasteiger partial charge in [-0.25, -0.2) is 4.98 Å². The summed E-state index contributed by atoms with van der Waals surface area (Å²) in [4.78, 5) is 18.4. The number of hydrogen-bond donors (Lipinski definition) is 1. The van der Waals surface area contributed by atoms with Gasteiger partial charge in [-0.15, -0.1) is 11.3 Å².